The van der Waals surface area contributed by atoms with Crippen LogP contribution in [0.1, 0.15) is 26.5 Å². The Hall–Kier alpha value is -3.81. The summed E-state index contributed by atoms with van der Waals surface area (Å²) >= 11 is 0. The predicted molar refractivity (Wildman–Crippen MR) is 98.8 cm³/mol. The van der Waals surface area contributed by atoms with Crippen LogP contribution in [-0.2, 0) is 6.54 Å². The number of aryl methyl sites for hydroxylation is 1. The molecule has 140 valence electrons. The van der Waals surface area contributed by atoms with Crippen LogP contribution in [0.4, 0.5) is 4.39 Å². The molecule has 4 aromatic rings. The smallest absolute Gasteiger partial charge is 0.266 e. The van der Waals surface area contributed by atoms with Crippen LogP contribution in [0.25, 0.3) is 11.0 Å². The maximum atomic E-state index is 13.4. The Balaban J connectivity index is 1.60. The fourth-order valence-electron chi connectivity index (χ4n) is 3.03. The van der Waals surface area contributed by atoms with Gasteiger partial charge in [0.05, 0.1) is 28.4 Å². The van der Waals surface area contributed by atoms with E-state index in [1.807, 2.05) is 24.3 Å². The van der Waals surface area contributed by atoms with Gasteiger partial charge < -0.3 is 9.67 Å². The number of fused-ring (bicyclic) bond motifs is 1. The molecule has 2 heterocycles. The number of carbonyl (C=O) groups is 2. The molecule has 28 heavy (non-hydrogen) atoms. The van der Waals surface area contributed by atoms with Gasteiger partial charge in [-0.3, -0.25) is 9.59 Å². The Labute approximate surface area is 158 Å². The van der Waals surface area contributed by atoms with Gasteiger partial charge in [-0.05, 0) is 37.3 Å². The minimum absolute atomic E-state index is 0.00707. The number of phenols is 1. The second-order valence-electron chi connectivity index (χ2n) is 6.29. The SMILES string of the molecule is Cc1nc2ccccc2n1CC(=O)n1cc(C(=O)c2cc(F)ccc2O)cn1. The normalized spacial score (nSPS) is 11.1. The Bertz CT molecular complexity index is 1230. The van der Waals surface area contributed by atoms with E-state index in [2.05, 4.69) is 10.1 Å². The van der Waals surface area contributed by atoms with Crippen LogP contribution in [0.2, 0.25) is 0 Å². The number of carbonyl (C=O) groups excluding carboxylic acids is 2. The lowest BCUT2D eigenvalue weighted by atomic mass is 10.1. The lowest BCUT2D eigenvalue weighted by Gasteiger charge is -2.06. The third-order valence-corrected chi connectivity index (χ3v) is 4.44. The summed E-state index contributed by atoms with van der Waals surface area (Å²) in [4.78, 5) is 29.5. The van der Waals surface area contributed by atoms with E-state index in [0.29, 0.717) is 5.82 Å². The maximum Gasteiger partial charge on any atom is 0.266 e. The molecule has 8 heteroatoms. The van der Waals surface area contributed by atoms with E-state index in [1.165, 1.54) is 12.4 Å². The highest BCUT2D eigenvalue weighted by Crippen LogP contribution is 2.21. The molecule has 0 unspecified atom stereocenters. The number of imidazole rings is 1. The van der Waals surface area contributed by atoms with Gasteiger partial charge in [0, 0.05) is 6.20 Å². The highest BCUT2D eigenvalue weighted by Gasteiger charge is 2.19. The third kappa shape index (κ3) is 3.05. The van der Waals surface area contributed by atoms with Crippen LogP contribution >= 0.6 is 0 Å². The van der Waals surface area contributed by atoms with Gasteiger partial charge in [0.2, 0.25) is 0 Å². The van der Waals surface area contributed by atoms with Crippen molar-refractivity contribution in [3.8, 4) is 5.75 Å². The molecule has 0 atom stereocenters. The first-order valence-corrected chi connectivity index (χ1v) is 8.47. The van der Waals surface area contributed by atoms with Gasteiger partial charge in [-0.15, -0.1) is 0 Å². The van der Waals surface area contributed by atoms with Crippen molar-refractivity contribution in [3.05, 3.63) is 77.6 Å². The molecule has 4 rings (SSSR count). The summed E-state index contributed by atoms with van der Waals surface area (Å²) in [6.45, 7) is 1.80. The predicted octanol–water partition coefficient (Wildman–Crippen LogP) is 2.96. The summed E-state index contributed by atoms with van der Waals surface area (Å²) in [7, 11) is 0. The maximum absolute atomic E-state index is 13.4. The van der Waals surface area contributed by atoms with Gasteiger partial charge in [-0.2, -0.15) is 5.10 Å². The molecule has 0 radical (unpaired) electrons. The number of benzene rings is 2. The average Bonchev–Trinajstić information content (AvgIpc) is 3.29. The van der Waals surface area contributed by atoms with Crippen LogP contribution < -0.4 is 0 Å². The first-order chi connectivity index (χ1) is 13.4. The van der Waals surface area contributed by atoms with E-state index in [9.17, 15) is 19.1 Å². The number of nitrogens with zero attached hydrogens (tertiary/aromatic N) is 4. The van der Waals surface area contributed by atoms with E-state index in [1.54, 1.807) is 11.5 Å². The van der Waals surface area contributed by atoms with Crippen LogP contribution in [0, 0.1) is 12.7 Å². The van der Waals surface area contributed by atoms with E-state index < -0.39 is 11.6 Å². The quantitative estimate of drug-likeness (QED) is 0.552. The van der Waals surface area contributed by atoms with E-state index in [0.717, 1.165) is 33.9 Å². The monoisotopic (exact) mass is 378 g/mol. The van der Waals surface area contributed by atoms with Gasteiger partial charge in [0.15, 0.2) is 5.78 Å². The fourth-order valence-corrected chi connectivity index (χ4v) is 3.03. The first kappa shape index (κ1) is 17.6. The van der Waals surface area contributed by atoms with Crippen molar-refractivity contribution in [2.45, 2.75) is 13.5 Å². The topological polar surface area (TPSA) is 90.0 Å². The van der Waals surface area contributed by atoms with Gasteiger partial charge in [-0.1, -0.05) is 12.1 Å². The molecular weight excluding hydrogens is 363 g/mol. The van der Waals surface area contributed by atoms with Crippen molar-refractivity contribution < 1.29 is 19.1 Å². The Kier molecular flexibility index (Phi) is 4.23. The summed E-state index contributed by atoms with van der Waals surface area (Å²) in [6, 6.07) is 10.6. The van der Waals surface area contributed by atoms with E-state index in [4.69, 9.17) is 0 Å². The number of hydrogen-bond donors (Lipinski definition) is 1. The molecule has 1 N–H and O–H groups in total. The standard InChI is InChI=1S/C20H15FN4O3/c1-12-23-16-4-2-3-5-17(16)24(12)11-19(27)25-10-13(9-22-25)20(28)15-8-14(21)6-7-18(15)26/h2-10,26H,11H2,1H3. The zero-order valence-corrected chi connectivity index (χ0v) is 14.8. The van der Waals surface area contributed by atoms with Gasteiger partial charge in [0.1, 0.15) is 23.9 Å². The summed E-state index contributed by atoms with van der Waals surface area (Å²) in [5, 5.41) is 13.7. The zero-order chi connectivity index (χ0) is 19.8. The molecule has 7 nitrogen and oxygen atoms in total. The van der Waals surface area contributed by atoms with Gasteiger partial charge >= 0.3 is 0 Å². The number of aromatic hydroxyl groups is 1. The number of halogens is 1. The first-order valence-electron chi connectivity index (χ1n) is 8.47. The molecule has 0 spiro atoms. The van der Waals surface area contributed by atoms with Crippen LogP contribution in [-0.4, -0.2) is 36.1 Å². The van der Waals surface area contributed by atoms with Crippen molar-refractivity contribution in [3.63, 3.8) is 0 Å². The number of hydrogen-bond acceptors (Lipinski definition) is 5. The molecule has 0 saturated carbocycles. The van der Waals surface area contributed by atoms with Crippen LogP contribution in [0.15, 0.2) is 54.9 Å². The highest BCUT2D eigenvalue weighted by molar-refractivity contribution is 6.10. The fraction of sp³-hybridized carbons (Fsp3) is 0.100. The molecular formula is C20H15FN4O3. The van der Waals surface area contributed by atoms with Crippen molar-refractivity contribution in [2.75, 3.05) is 0 Å². The van der Waals surface area contributed by atoms with Gasteiger partial charge in [-0.25, -0.2) is 14.1 Å². The molecule has 0 amide bonds. The lowest BCUT2D eigenvalue weighted by molar-refractivity contribution is 0.0875. The Morgan fingerprint density at radius 3 is 2.79 bits per heavy atom. The summed E-state index contributed by atoms with van der Waals surface area (Å²) in [6.07, 6.45) is 2.48. The molecule has 0 aliphatic rings. The lowest BCUT2D eigenvalue weighted by Crippen LogP contribution is -2.19. The zero-order valence-electron chi connectivity index (χ0n) is 14.8. The summed E-state index contributed by atoms with van der Waals surface area (Å²) in [5.41, 5.74) is 1.48. The molecule has 0 bridgehead atoms. The highest BCUT2D eigenvalue weighted by atomic mass is 19.1. The number of ketones is 1. The number of para-hydroxylation sites is 2. The van der Waals surface area contributed by atoms with Crippen molar-refractivity contribution in [2.24, 2.45) is 0 Å². The number of phenolic OH excluding ortho intramolecular Hbond substituents is 1. The molecule has 2 aromatic carbocycles. The minimum Gasteiger partial charge on any atom is -0.507 e. The average molecular weight is 378 g/mol. The largest absolute Gasteiger partial charge is 0.507 e. The number of aromatic nitrogens is 4. The third-order valence-electron chi connectivity index (χ3n) is 4.44. The van der Waals surface area contributed by atoms with E-state index in [-0.39, 0.29) is 29.3 Å². The van der Waals surface area contributed by atoms with Crippen molar-refractivity contribution in [1.82, 2.24) is 19.3 Å². The second-order valence-corrected chi connectivity index (χ2v) is 6.29. The second kappa shape index (κ2) is 6.73. The van der Waals surface area contributed by atoms with Gasteiger partial charge in [0.25, 0.3) is 5.91 Å². The number of rotatable bonds is 4. The van der Waals surface area contributed by atoms with Crippen LogP contribution in [0.5, 0.6) is 5.75 Å². The summed E-state index contributed by atoms with van der Waals surface area (Å²) in [5.74, 6) is -1.30. The summed E-state index contributed by atoms with van der Waals surface area (Å²) < 4.78 is 16.2. The van der Waals surface area contributed by atoms with E-state index >= 15 is 0 Å². The van der Waals surface area contributed by atoms with Crippen molar-refractivity contribution >= 4 is 22.7 Å². The molecule has 0 saturated heterocycles. The molecule has 0 aliphatic carbocycles. The van der Waals surface area contributed by atoms with Crippen molar-refractivity contribution in [1.29, 1.82) is 0 Å². The van der Waals surface area contributed by atoms with Crippen LogP contribution in [0.3, 0.4) is 0 Å². The molecule has 0 fully saturated rings. The molecule has 0 aliphatic heterocycles. The minimum atomic E-state index is -0.646. The Morgan fingerprint density at radius 1 is 1.18 bits per heavy atom. The molecule has 2 aromatic heterocycles. The Morgan fingerprint density at radius 2 is 1.96 bits per heavy atom.